The summed E-state index contributed by atoms with van der Waals surface area (Å²) in [7, 11) is 6.41. The Morgan fingerprint density at radius 1 is 0.875 bits per heavy atom. The molecule has 0 spiro atoms. The zero-order chi connectivity index (χ0) is 23.1. The highest BCUT2D eigenvalue weighted by atomic mass is 16.5. The summed E-state index contributed by atoms with van der Waals surface area (Å²) in [5.74, 6) is 2.30. The van der Waals surface area contributed by atoms with Crippen LogP contribution in [0, 0.1) is 5.92 Å². The molecule has 32 heavy (non-hydrogen) atoms. The molecule has 3 aromatic rings. The fourth-order valence-corrected chi connectivity index (χ4v) is 4.02. The van der Waals surface area contributed by atoms with Crippen LogP contribution in [0.4, 0.5) is 0 Å². The van der Waals surface area contributed by atoms with Crippen molar-refractivity contribution in [2.75, 3.05) is 35.0 Å². The molecule has 0 saturated heterocycles. The number of aldehydes is 1. The average Bonchev–Trinajstić information content (AvgIpc) is 2.83. The third kappa shape index (κ3) is 4.65. The molecule has 0 aliphatic heterocycles. The number of benzene rings is 3. The molecule has 8 nitrogen and oxygen atoms in total. The van der Waals surface area contributed by atoms with E-state index in [1.165, 1.54) is 0 Å². The third-order valence-electron chi connectivity index (χ3n) is 5.62. The fourth-order valence-electron chi connectivity index (χ4n) is 4.02. The molecule has 0 aliphatic carbocycles. The number of carbonyl (C=O) groups excluding carboxylic acids is 1. The van der Waals surface area contributed by atoms with Gasteiger partial charge in [-0.1, -0.05) is 11.2 Å². The lowest BCUT2D eigenvalue weighted by Gasteiger charge is -2.18. The van der Waals surface area contributed by atoms with Crippen LogP contribution in [0.1, 0.15) is 18.4 Å². The number of rotatable bonds is 11. The summed E-state index contributed by atoms with van der Waals surface area (Å²) < 4.78 is 22.1. The minimum absolute atomic E-state index is 0.196. The van der Waals surface area contributed by atoms with E-state index in [9.17, 15) is 4.79 Å². The van der Waals surface area contributed by atoms with Gasteiger partial charge >= 0.3 is 0 Å². The monoisotopic (exact) mass is 437 g/mol. The topological polar surface area (TPSA) is 103 Å². The van der Waals surface area contributed by atoms with Gasteiger partial charge in [-0.3, -0.25) is 0 Å². The van der Waals surface area contributed by atoms with Crippen molar-refractivity contribution < 1.29 is 23.7 Å². The first-order valence-electron chi connectivity index (χ1n) is 10.3. The van der Waals surface area contributed by atoms with Crippen LogP contribution in [0.5, 0.6) is 23.0 Å². The van der Waals surface area contributed by atoms with Gasteiger partial charge in [0.1, 0.15) is 6.29 Å². The van der Waals surface area contributed by atoms with E-state index in [2.05, 4.69) is 16.1 Å². The van der Waals surface area contributed by atoms with Gasteiger partial charge in [-0.05, 0) is 76.2 Å². The van der Waals surface area contributed by atoms with Crippen molar-refractivity contribution in [2.24, 2.45) is 11.0 Å². The summed E-state index contributed by atoms with van der Waals surface area (Å²) in [6, 6.07) is 9.86. The number of azide groups is 1. The van der Waals surface area contributed by atoms with Crippen molar-refractivity contribution in [3.8, 4) is 23.0 Å². The minimum Gasteiger partial charge on any atom is -0.493 e. The second-order valence-electron chi connectivity index (χ2n) is 7.41. The normalized spacial score (nSPS) is 11.6. The van der Waals surface area contributed by atoms with E-state index >= 15 is 0 Å². The van der Waals surface area contributed by atoms with Crippen LogP contribution in [0.25, 0.3) is 32.0 Å². The van der Waals surface area contributed by atoms with Crippen LogP contribution in [-0.4, -0.2) is 41.3 Å². The third-order valence-corrected chi connectivity index (χ3v) is 5.62. The molecule has 3 rings (SSSR count). The molecule has 0 aliphatic rings. The van der Waals surface area contributed by atoms with Crippen LogP contribution >= 0.6 is 0 Å². The Balaban J connectivity index is 2.20. The van der Waals surface area contributed by atoms with Crippen LogP contribution in [0.15, 0.2) is 35.4 Å². The molecule has 1 atom stereocenters. The standard InChI is InChI=1S/C24H27N3O5/c1-29-21-10-17-9-16(8-15(14-28)6-5-7-26-27-25)18-11-23(31-3)24(32-4)13-20(18)19(17)12-22(21)30-2/h9-15H,5-8H2,1-4H3/t15-/m0/s1. The van der Waals surface area contributed by atoms with Gasteiger partial charge in [0.25, 0.3) is 0 Å². The maximum atomic E-state index is 11.8. The van der Waals surface area contributed by atoms with E-state index in [1.54, 1.807) is 28.4 Å². The zero-order valence-corrected chi connectivity index (χ0v) is 18.8. The number of fused-ring (bicyclic) bond motifs is 3. The number of hydrogen-bond acceptors (Lipinski definition) is 6. The first-order chi connectivity index (χ1) is 15.6. The van der Waals surface area contributed by atoms with E-state index in [1.807, 2.05) is 24.3 Å². The van der Waals surface area contributed by atoms with Gasteiger partial charge in [-0.25, -0.2) is 0 Å². The van der Waals surface area contributed by atoms with E-state index in [-0.39, 0.29) is 5.92 Å². The molecule has 0 aromatic heterocycles. The van der Waals surface area contributed by atoms with Gasteiger partial charge in [0.05, 0.1) is 28.4 Å². The van der Waals surface area contributed by atoms with Crippen LogP contribution in [-0.2, 0) is 11.2 Å². The summed E-state index contributed by atoms with van der Waals surface area (Å²) in [6.07, 6.45) is 2.82. The highest BCUT2D eigenvalue weighted by Gasteiger charge is 2.17. The lowest BCUT2D eigenvalue weighted by atomic mass is 9.89. The Labute approximate surface area is 186 Å². The quantitative estimate of drug-likeness (QED) is 0.0987. The van der Waals surface area contributed by atoms with Gasteiger partial charge in [0.15, 0.2) is 23.0 Å². The van der Waals surface area contributed by atoms with E-state index in [0.717, 1.165) is 33.4 Å². The SMILES string of the molecule is COc1cc2cc(C[C@@H](C=O)CCCN=[N+]=[N-])c3cc(OC)c(OC)cc3c2cc1OC. The molecule has 0 N–H and O–H groups in total. The summed E-state index contributed by atoms with van der Waals surface area (Å²) >= 11 is 0. The second kappa shape index (κ2) is 10.6. The first kappa shape index (κ1) is 23.0. The van der Waals surface area contributed by atoms with Crippen LogP contribution in [0.2, 0.25) is 0 Å². The van der Waals surface area contributed by atoms with Crippen LogP contribution in [0.3, 0.4) is 0 Å². The minimum atomic E-state index is -0.196. The van der Waals surface area contributed by atoms with Gasteiger partial charge < -0.3 is 23.7 Å². The number of hydrogen-bond donors (Lipinski definition) is 0. The van der Waals surface area contributed by atoms with Crippen molar-refractivity contribution in [2.45, 2.75) is 19.3 Å². The van der Waals surface area contributed by atoms with Gasteiger partial charge in [-0.15, -0.1) is 0 Å². The molecule has 168 valence electrons. The molecule has 0 unspecified atom stereocenters. The molecule has 0 radical (unpaired) electrons. The van der Waals surface area contributed by atoms with Gasteiger partial charge in [-0.2, -0.15) is 0 Å². The molecule has 3 aromatic carbocycles. The number of methoxy groups -OCH3 is 4. The summed E-state index contributed by atoms with van der Waals surface area (Å²) in [5, 5.41) is 7.45. The maximum Gasteiger partial charge on any atom is 0.161 e. The number of carbonyl (C=O) groups is 1. The predicted molar refractivity (Wildman–Crippen MR) is 124 cm³/mol. The largest absolute Gasteiger partial charge is 0.493 e. The summed E-state index contributed by atoms with van der Waals surface area (Å²) in [4.78, 5) is 14.6. The lowest BCUT2D eigenvalue weighted by Crippen LogP contribution is -2.07. The lowest BCUT2D eigenvalue weighted by molar-refractivity contribution is -0.111. The van der Waals surface area contributed by atoms with Crippen molar-refractivity contribution >= 4 is 27.8 Å². The Morgan fingerprint density at radius 3 is 2.00 bits per heavy atom. The van der Waals surface area contributed by atoms with E-state index in [4.69, 9.17) is 24.5 Å². The molecular formula is C24H27N3O5. The molecule has 0 saturated carbocycles. The van der Waals surface area contributed by atoms with Gasteiger partial charge in [0.2, 0.25) is 0 Å². The summed E-state index contributed by atoms with van der Waals surface area (Å²) in [6.45, 7) is 0.376. The Bertz CT molecular complexity index is 1170. The number of nitrogens with zero attached hydrogens (tertiary/aromatic N) is 3. The second-order valence-corrected chi connectivity index (χ2v) is 7.41. The smallest absolute Gasteiger partial charge is 0.161 e. The van der Waals surface area contributed by atoms with Crippen LogP contribution < -0.4 is 18.9 Å². The zero-order valence-electron chi connectivity index (χ0n) is 18.8. The Morgan fingerprint density at radius 2 is 1.44 bits per heavy atom. The fraction of sp³-hybridized carbons (Fsp3) is 0.375. The van der Waals surface area contributed by atoms with Crippen molar-refractivity contribution in [1.29, 1.82) is 0 Å². The molecule has 0 fully saturated rings. The van der Waals surface area contributed by atoms with Gasteiger partial charge in [0, 0.05) is 17.4 Å². The van der Waals surface area contributed by atoms with Crippen molar-refractivity contribution in [3.05, 3.63) is 46.3 Å². The molecule has 0 bridgehead atoms. The molecule has 8 heteroatoms. The van der Waals surface area contributed by atoms with E-state index in [0.29, 0.717) is 48.8 Å². The maximum absolute atomic E-state index is 11.8. The highest BCUT2D eigenvalue weighted by molar-refractivity contribution is 6.11. The Kier molecular flexibility index (Phi) is 7.63. The van der Waals surface area contributed by atoms with Crippen molar-refractivity contribution in [3.63, 3.8) is 0 Å². The molecular weight excluding hydrogens is 410 g/mol. The molecule has 0 amide bonds. The number of ether oxygens (including phenoxy) is 4. The first-order valence-corrected chi connectivity index (χ1v) is 10.3. The summed E-state index contributed by atoms with van der Waals surface area (Å²) in [5.41, 5.74) is 9.48. The predicted octanol–water partition coefficient (Wildman–Crippen LogP) is 5.48. The van der Waals surface area contributed by atoms with E-state index < -0.39 is 0 Å². The highest BCUT2D eigenvalue weighted by Crippen LogP contribution is 2.41. The Hall–Kier alpha value is -3.64. The molecule has 0 heterocycles. The average molecular weight is 437 g/mol. The van der Waals surface area contributed by atoms with Crippen molar-refractivity contribution in [1.82, 2.24) is 0 Å².